The maximum atomic E-state index is 12.2. The van der Waals surface area contributed by atoms with E-state index in [1.54, 1.807) is 0 Å². The summed E-state index contributed by atoms with van der Waals surface area (Å²) in [6.45, 7) is 4.05. The summed E-state index contributed by atoms with van der Waals surface area (Å²) in [4.78, 5) is 12.2. The molecule has 27 heavy (non-hydrogen) atoms. The number of nitrogens with zero attached hydrogens (tertiary/aromatic N) is 3. The van der Waals surface area contributed by atoms with E-state index in [9.17, 15) is 4.79 Å². The molecule has 0 aliphatic heterocycles. The number of ether oxygens (including phenoxy) is 1. The molecule has 7 heteroatoms. The quantitative estimate of drug-likeness (QED) is 0.620. The second-order valence-corrected chi connectivity index (χ2v) is 7.03. The van der Waals surface area contributed by atoms with Crippen LogP contribution >= 0.6 is 11.8 Å². The molecular formula is C20H22N4O2S. The fourth-order valence-electron chi connectivity index (χ4n) is 2.53. The van der Waals surface area contributed by atoms with Crippen molar-refractivity contribution in [2.24, 2.45) is 7.05 Å². The van der Waals surface area contributed by atoms with Crippen molar-refractivity contribution in [3.05, 3.63) is 59.9 Å². The number of aromatic nitrogens is 3. The van der Waals surface area contributed by atoms with Gasteiger partial charge in [0.25, 0.3) is 0 Å². The number of thioether (sulfide) groups is 1. The molecule has 140 valence electrons. The Hall–Kier alpha value is -2.80. The number of nitrogens with one attached hydrogen (secondary N) is 1. The first-order valence-electron chi connectivity index (χ1n) is 8.70. The predicted octanol–water partition coefficient (Wildman–Crippen LogP) is 4.21. The standard InChI is InChI=1S/C20H22N4O2S/c1-4-18-22-23-20(24(18)3)27-13-19(25)21-15-8-10-16(11-9-15)26-17-7-5-6-14(2)12-17/h5-12H,4,13H2,1-3H3,(H,21,25). The molecule has 0 spiro atoms. The largest absolute Gasteiger partial charge is 0.457 e. The van der Waals surface area contributed by atoms with Crippen LogP contribution in [0.3, 0.4) is 0 Å². The molecule has 0 fully saturated rings. The Morgan fingerprint density at radius 3 is 2.59 bits per heavy atom. The Labute approximate surface area is 163 Å². The monoisotopic (exact) mass is 382 g/mol. The van der Waals surface area contributed by atoms with Gasteiger partial charge >= 0.3 is 0 Å². The fourth-order valence-corrected chi connectivity index (χ4v) is 3.26. The van der Waals surface area contributed by atoms with Gasteiger partial charge in [-0.15, -0.1) is 10.2 Å². The predicted molar refractivity (Wildman–Crippen MR) is 107 cm³/mol. The zero-order valence-corrected chi connectivity index (χ0v) is 16.4. The molecule has 6 nitrogen and oxygen atoms in total. The summed E-state index contributed by atoms with van der Waals surface area (Å²) in [7, 11) is 1.91. The van der Waals surface area contributed by atoms with Gasteiger partial charge in [0.05, 0.1) is 5.75 Å². The third kappa shape index (κ3) is 5.10. The first-order chi connectivity index (χ1) is 13.0. The molecule has 0 radical (unpaired) electrons. The first-order valence-corrected chi connectivity index (χ1v) is 9.69. The number of carbonyl (C=O) groups is 1. The van der Waals surface area contributed by atoms with Crippen molar-refractivity contribution in [3.63, 3.8) is 0 Å². The topological polar surface area (TPSA) is 69.0 Å². The highest BCUT2D eigenvalue weighted by Crippen LogP contribution is 2.24. The van der Waals surface area contributed by atoms with Crippen LogP contribution in [0.1, 0.15) is 18.3 Å². The SMILES string of the molecule is CCc1nnc(SCC(=O)Nc2ccc(Oc3cccc(C)c3)cc2)n1C. The molecule has 1 amide bonds. The molecule has 0 aliphatic carbocycles. The third-order valence-corrected chi connectivity index (χ3v) is 4.96. The molecule has 0 unspecified atom stereocenters. The molecule has 0 atom stereocenters. The lowest BCUT2D eigenvalue weighted by Crippen LogP contribution is -2.14. The van der Waals surface area contributed by atoms with Crippen LogP contribution in [-0.4, -0.2) is 26.4 Å². The van der Waals surface area contributed by atoms with E-state index >= 15 is 0 Å². The maximum absolute atomic E-state index is 12.2. The van der Waals surface area contributed by atoms with Crippen molar-refractivity contribution in [1.82, 2.24) is 14.8 Å². The fraction of sp³-hybridized carbons (Fsp3) is 0.250. The second-order valence-electron chi connectivity index (χ2n) is 6.09. The Morgan fingerprint density at radius 1 is 1.15 bits per heavy atom. The van der Waals surface area contributed by atoms with Crippen molar-refractivity contribution in [2.75, 3.05) is 11.1 Å². The number of hydrogen-bond donors (Lipinski definition) is 1. The van der Waals surface area contributed by atoms with E-state index in [0.717, 1.165) is 40.2 Å². The Bertz CT molecular complexity index is 922. The molecule has 1 heterocycles. The summed E-state index contributed by atoms with van der Waals surface area (Å²) in [5.74, 6) is 2.60. The van der Waals surface area contributed by atoms with Gasteiger partial charge in [-0.1, -0.05) is 30.8 Å². The van der Waals surface area contributed by atoms with E-state index < -0.39 is 0 Å². The van der Waals surface area contributed by atoms with Gasteiger partial charge in [0.15, 0.2) is 5.16 Å². The highest BCUT2D eigenvalue weighted by Gasteiger charge is 2.10. The molecular weight excluding hydrogens is 360 g/mol. The van der Waals surface area contributed by atoms with Gasteiger partial charge in [0.1, 0.15) is 17.3 Å². The van der Waals surface area contributed by atoms with Gasteiger partial charge in [0, 0.05) is 19.2 Å². The summed E-state index contributed by atoms with van der Waals surface area (Å²) >= 11 is 1.37. The molecule has 0 aliphatic rings. The lowest BCUT2D eigenvalue weighted by molar-refractivity contribution is -0.113. The van der Waals surface area contributed by atoms with Crippen LogP contribution in [0.2, 0.25) is 0 Å². The van der Waals surface area contributed by atoms with Crippen LogP contribution in [0.4, 0.5) is 5.69 Å². The summed E-state index contributed by atoms with van der Waals surface area (Å²) in [5, 5.41) is 11.8. The molecule has 1 N–H and O–H groups in total. The minimum atomic E-state index is -0.0894. The van der Waals surface area contributed by atoms with Gasteiger partial charge in [-0.3, -0.25) is 4.79 Å². The summed E-state index contributed by atoms with van der Waals surface area (Å²) in [6.07, 6.45) is 0.813. The molecule has 0 bridgehead atoms. The lowest BCUT2D eigenvalue weighted by atomic mass is 10.2. The van der Waals surface area contributed by atoms with Crippen molar-refractivity contribution in [2.45, 2.75) is 25.4 Å². The van der Waals surface area contributed by atoms with Crippen LogP contribution in [0.5, 0.6) is 11.5 Å². The van der Waals surface area contributed by atoms with Crippen molar-refractivity contribution < 1.29 is 9.53 Å². The number of rotatable bonds is 7. The maximum Gasteiger partial charge on any atom is 0.234 e. The minimum absolute atomic E-state index is 0.0894. The molecule has 0 saturated heterocycles. The average molecular weight is 382 g/mol. The summed E-state index contributed by atoms with van der Waals surface area (Å²) in [6, 6.07) is 15.2. The van der Waals surface area contributed by atoms with Crippen LogP contribution in [0.25, 0.3) is 0 Å². The van der Waals surface area contributed by atoms with Crippen LogP contribution in [0, 0.1) is 6.92 Å². The van der Waals surface area contributed by atoms with Crippen LogP contribution in [0.15, 0.2) is 53.7 Å². The molecule has 0 saturated carbocycles. The van der Waals surface area contributed by atoms with E-state index in [4.69, 9.17) is 4.74 Å². The van der Waals surface area contributed by atoms with Gasteiger partial charge in [-0.25, -0.2) is 0 Å². The van der Waals surface area contributed by atoms with E-state index in [1.165, 1.54) is 11.8 Å². The van der Waals surface area contributed by atoms with E-state index in [1.807, 2.05) is 74.0 Å². The Kier molecular flexibility index (Phi) is 6.13. The smallest absolute Gasteiger partial charge is 0.234 e. The zero-order valence-electron chi connectivity index (χ0n) is 15.6. The first kappa shape index (κ1) is 19.0. The average Bonchev–Trinajstić information content (AvgIpc) is 3.01. The zero-order chi connectivity index (χ0) is 19.2. The van der Waals surface area contributed by atoms with Crippen molar-refractivity contribution in [1.29, 1.82) is 0 Å². The number of aryl methyl sites for hydroxylation is 2. The van der Waals surface area contributed by atoms with Gasteiger partial charge < -0.3 is 14.6 Å². The summed E-state index contributed by atoms with van der Waals surface area (Å²) < 4.78 is 7.73. The van der Waals surface area contributed by atoms with Crippen molar-refractivity contribution >= 4 is 23.4 Å². The van der Waals surface area contributed by atoms with Gasteiger partial charge in [0.2, 0.25) is 5.91 Å². The number of amides is 1. The minimum Gasteiger partial charge on any atom is -0.457 e. The van der Waals surface area contributed by atoms with Crippen molar-refractivity contribution in [3.8, 4) is 11.5 Å². The number of carbonyl (C=O) groups excluding carboxylic acids is 1. The normalized spacial score (nSPS) is 10.6. The highest BCUT2D eigenvalue weighted by molar-refractivity contribution is 7.99. The van der Waals surface area contributed by atoms with E-state index in [2.05, 4.69) is 15.5 Å². The number of benzene rings is 2. The van der Waals surface area contributed by atoms with E-state index in [-0.39, 0.29) is 11.7 Å². The lowest BCUT2D eigenvalue weighted by Gasteiger charge is -2.08. The molecule has 3 aromatic rings. The van der Waals surface area contributed by atoms with Gasteiger partial charge in [-0.2, -0.15) is 0 Å². The van der Waals surface area contributed by atoms with Gasteiger partial charge in [-0.05, 0) is 48.9 Å². The number of anilines is 1. The summed E-state index contributed by atoms with van der Waals surface area (Å²) in [5.41, 5.74) is 1.87. The number of hydrogen-bond acceptors (Lipinski definition) is 5. The van der Waals surface area contributed by atoms with E-state index in [0.29, 0.717) is 0 Å². The highest BCUT2D eigenvalue weighted by atomic mass is 32.2. The Balaban J connectivity index is 1.53. The molecule has 2 aromatic carbocycles. The Morgan fingerprint density at radius 2 is 1.93 bits per heavy atom. The third-order valence-electron chi connectivity index (χ3n) is 3.94. The van der Waals surface area contributed by atoms with Crippen LogP contribution in [-0.2, 0) is 18.3 Å². The van der Waals surface area contributed by atoms with Crippen LogP contribution < -0.4 is 10.1 Å². The molecule has 1 aromatic heterocycles. The second kappa shape index (κ2) is 8.73. The molecule has 3 rings (SSSR count).